The topological polar surface area (TPSA) is 44.4 Å². The average molecular weight is 255 g/mol. The van der Waals surface area contributed by atoms with Crippen LogP contribution in [0.2, 0.25) is 0 Å². The summed E-state index contributed by atoms with van der Waals surface area (Å²) in [4.78, 5) is 14.2. The van der Waals surface area contributed by atoms with Gasteiger partial charge in [0.25, 0.3) is 0 Å². The summed E-state index contributed by atoms with van der Waals surface area (Å²) >= 11 is 0. The molecule has 0 aromatic heterocycles. The number of carbonyl (C=O) groups excluding carboxylic acids is 1. The Labute approximate surface area is 111 Å². The molecule has 0 bridgehead atoms. The van der Waals surface area contributed by atoms with Crippen LogP contribution in [0.5, 0.6) is 0 Å². The average Bonchev–Trinajstić information content (AvgIpc) is 2.83. The molecule has 0 spiro atoms. The Bertz CT molecular complexity index is 237. The normalized spacial score (nSPS) is 18.2. The number of likely N-dealkylation sites (tertiary alicyclic amines) is 1. The van der Waals surface area contributed by atoms with E-state index in [-0.39, 0.29) is 5.91 Å². The predicted molar refractivity (Wildman–Crippen MR) is 75.6 cm³/mol. The van der Waals surface area contributed by atoms with Crippen molar-refractivity contribution in [3.05, 3.63) is 0 Å². The second-order valence-electron chi connectivity index (χ2n) is 5.57. The van der Waals surface area contributed by atoms with Crippen molar-refractivity contribution < 1.29 is 4.79 Å². The molecule has 0 radical (unpaired) electrons. The van der Waals surface area contributed by atoms with E-state index >= 15 is 0 Å². The minimum atomic E-state index is 0.190. The van der Waals surface area contributed by atoms with Crippen LogP contribution >= 0.6 is 0 Å². The Kier molecular flexibility index (Phi) is 7.28. The summed E-state index contributed by atoms with van der Waals surface area (Å²) in [5.74, 6) is 0.788. The van der Waals surface area contributed by atoms with Crippen molar-refractivity contribution in [1.29, 1.82) is 0 Å². The number of hydrogen-bond acceptors (Lipinski definition) is 3. The van der Waals surface area contributed by atoms with Crippen molar-refractivity contribution in [2.24, 2.45) is 5.92 Å². The summed E-state index contributed by atoms with van der Waals surface area (Å²) in [7, 11) is 1.92. The smallest absolute Gasteiger partial charge is 0.220 e. The van der Waals surface area contributed by atoms with Crippen LogP contribution in [0, 0.1) is 5.92 Å². The van der Waals surface area contributed by atoms with E-state index in [0.717, 1.165) is 19.5 Å². The van der Waals surface area contributed by atoms with E-state index in [1.165, 1.54) is 25.9 Å². The van der Waals surface area contributed by atoms with Crippen LogP contribution < -0.4 is 10.6 Å². The van der Waals surface area contributed by atoms with Crippen molar-refractivity contribution in [3.8, 4) is 0 Å². The molecular weight excluding hydrogens is 226 g/mol. The van der Waals surface area contributed by atoms with Gasteiger partial charge < -0.3 is 10.6 Å². The molecule has 1 unspecified atom stereocenters. The molecule has 1 aliphatic rings. The maximum absolute atomic E-state index is 11.7. The van der Waals surface area contributed by atoms with Crippen molar-refractivity contribution in [1.82, 2.24) is 15.5 Å². The van der Waals surface area contributed by atoms with Crippen LogP contribution in [0.15, 0.2) is 0 Å². The van der Waals surface area contributed by atoms with E-state index in [1.54, 1.807) is 0 Å². The Morgan fingerprint density at radius 1 is 1.28 bits per heavy atom. The van der Waals surface area contributed by atoms with Gasteiger partial charge >= 0.3 is 0 Å². The second-order valence-corrected chi connectivity index (χ2v) is 5.57. The Morgan fingerprint density at radius 2 is 1.94 bits per heavy atom. The molecule has 0 aromatic rings. The van der Waals surface area contributed by atoms with Crippen LogP contribution in [0.4, 0.5) is 0 Å². The molecule has 1 aliphatic heterocycles. The fraction of sp³-hybridized carbons (Fsp3) is 0.929. The predicted octanol–water partition coefficient (Wildman–Crippen LogP) is 1.22. The van der Waals surface area contributed by atoms with Crippen molar-refractivity contribution >= 4 is 5.91 Å². The number of hydrogen-bond donors (Lipinski definition) is 2. The first-order valence-corrected chi connectivity index (χ1v) is 7.30. The lowest BCUT2D eigenvalue weighted by Crippen LogP contribution is -2.45. The lowest BCUT2D eigenvalue weighted by molar-refractivity contribution is -0.121. The van der Waals surface area contributed by atoms with Gasteiger partial charge in [-0.1, -0.05) is 13.8 Å². The highest BCUT2D eigenvalue weighted by Gasteiger charge is 2.24. The van der Waals surface area contributed by atoms with Gasteiger partial charge in [0.15, 0.2) is 0 Å². The van der Waals surface area contributed by atoms with Gasteiger partial charge in [0.2, 0.25) is 5.91 Å². The number of rotatable bonds is 8. The van der Waals surface area contributed by atoms with Gasteiger partial charge in [-0.15, -0.1) is 0 Å². The Hall–Kier alpha value is -0.610. The first kappa shape index (κ1) is 15.4. The quantitative estimate of drug-likeness (QED) is 0.641. The minimum Gasteiger partial charge on any atom is -0.355 e. The summed E-state index contributed by atoms with van der Waals surface area (Å²) in [5, 5.41) is 6.15. The van der Waals surface area contributed by atoms with Gasteiger partial charge in [0.1, 0.15) is 0 Å². The molecule has 1 heterocycles. The zero-order chi connectivity index (χ0) is 13.4. The van der Waals surface area contributed by atoms with Gasteiger partial charge in [-0.25, -0.2) is 0 Å². The lowest BCUT2D eigenvalue weighted by Gasteiger charge is -2.31. The van der Waals surface area contributed by atoms with E-state index in [4.69, 9.17) is 0 Å². The largest absolute Gasteiger partial charge is 0.355 e. The summed E-state index contributed by atoms with van der Waals surface area (Å²) in [6.45, 7) is 8.59. The third-order valence-electron chi connectivity index (χ3n) is 3.72. The van der Waals surface area contributed by atoms with Crippen LogP contribution in [0.1, 0.15) is 39.5 Å². The first-order chi connectivity index (χ1) is 8.65. The Morgan fingerprint density at radius 3 is 2.50 bits per heavy atom. The molecular formula is C14H29N3O. The first-order valence-electron chi connectivity index (χ1n) is 7.30. The maximum Gasteiger partial charge on any atom is 0.220 e. The molecule has 2 N–H and O–H groups in total. The summed E-state index contributed by atoms with van der Waals surface area (Å²) in [6.07, 6.45) is 4.16. The molecule has 0 saturated carbocycles. The summed E-state index contributed by atoms with van der Waals surface area (Å²) in [5.41, 5.74) is 0. The second kappa shape index (κ2) is 8.48. The van der Waals surface area contributed by atoms with Crippen LogP contribution in [0.25, 0.3) is 0 Å². The zero-order valence-electron chi connectivity index (χ0n) is 12.2. The fourth-order valence-corrected chi connectivity index (χ4v) is 2.59. The fourth-order valence-electron chi connectivity index (χ4n) is 2.59. The van der Waals surface area contributed by atoms with Gasteiger partial charge in [-0.3, -0.25) is 9.69 Å². The van der Waals surface area contributed by atoms with E-state index in [2.05, 4.69) is 29.4 Å². The van der Waals surface area contributed by atoms with Crippen molar-refractivity contribution in [3.63, 3.8) is 0 Å². The van der Waals surface area contributed by atoms with Gasteiger partial charge in [0.05, 0.1) is 0 Å². The molecule has 106 valence electrons. The molecule has 4 nitrogen and oxygen atoms in total. The third kappa shape index (κ3) is 5.36. The number of nitrogens with zero attached hydrogens (tertiary/aromatic N) is 1. The van der Waals surface area contributed by atoms with E-state index in [1.807, 2.05) is 7.05 Å². The highest BCUT2D eigenvalue weighted by molar-refractivity contribution is 5.75. The molecule has 18 heavy (non-hydrogen) atoms. The van der Waals surface area contributed by atoms with Crippen LogP contribution in [0.3, 0.4) is 0 Å². The number of amides is 1. The van der Waals surface area contributed by atoms with E-state index in [9.17, 15) is 4.79 Å². The highest BCUT2D eigenvalue weighted by atomic mass is 16.1. The summed E-state index contributed by atoms with van der Waals surface area (Å²) in [6, 6.07) is 0.501. The Balaban J connectivity index is 2.26. The maximum atomic E-state index is 11.7. The van der Waals surface area contributed by atoms with Crippen LogP contribution in [-0.4, -0.2) is 50.1 Å². The van der Waals surface area contributed by atoms with Crippen LogP contribution in [-0.2, 0) is 4.79 Å². The summed E-state index contributed by atoms with van der Waals surface area (Å²) < 4.78 is 0. The zero-order valence-corrected chi connectivity index (χ0v) is 12.2. The van der Waals surface area contributed by atoms with Crippen molar-refractivity contribution in [2.45, 2.75) is 45.6 Å². The molecule has 0 aromatic carbocycles. The van der Waals surface area contributed by atoms with Gasteiger partial charge in [-0.05, 0) is 51.9 Å². The number of nitrogens with one attached hydrogen (secondary N) is 2. The van der Waals surface area contributed by atoms with Crippen molar-refractivity contribution in [2.75, 3.05) is 33.2 Å². The van der Waals surface area contributed by atoms with Gasteiger partial charge in [-0.2, -0.15) is 0 Å². The lowest BCUT2D eigenvalue weighted by atomic mass is 10.0. The molecule has 0 aliphatic carbocycles. The molecule has 1 atom stereocenters. The SMILES string of the molecule is CNCCCC(=O)NCC(C(C)C)N1CCCC1. The van der Waals surface area contributed by atoms with E-state index < -0.39 is 0 Å². The molecule has 1 amide bonds. The highest BCUT2D eigenvalue weighted by Crippen LogP contribution is 2.17. The van der Waals surface area contributed by atoms with E-state index in [0.29, 0.717) is 18.4 Å². The monoisotopic (exact) mass is 255 g/mol. The standard InChI is InChI=1S/C14H29N3O/c1-12(2)13(17-9-4-5-10-17)11-16-14(18)7-6-8-15-3/h12-13,15H,4-11H2,1-3H3,(H,16,18). The number of carbonyl (C=O) groups is 1. The third-order valence-corrected chi connectivity index (χ3v) is 3.72. The molecule has 1 fully saturated rings. The minimum absolute atomic E-state index is 0.190. The molecule has 1 rings (SSSR count). The van der Waals surface area contributed by atoms with Gasteiger partial charge in [0, 0.05) is 19.0 Å². The molecule has 1 saturated heterocycles. The molecule has 4 heteroatoms.